The van der Waals surface area contributed by atoms with Gasteiger partial charge in [-0.25, -0.2) is 4.52 Å². The zero-order valence-electron chi connectivity index (χ0n) is 9.51. The third-order valence-corrected chi connectivity index (χ3v) is 3.73. The predicted molar refractivity (Wildman–Crippen MR) is 74.1 cm³/mol. The van der Waals surface area contributed by atoms with Crippen molar-refractivity contribution in [3.05, 3.63) is 40.4 Å². The van der Waals surface area contributed by atoms with Crippen molar-refractivity contribution >= 4 is 27.9 Å². The van der Waals surface area contributed by atoms with Crippen molar-refractivity contribution < 1.29 is 0 Å². The minimum absolute atomic E-state index is 0.609. The fraction of sp³-hybridized carbons (Fsp3) is 0.167. The quantitative estimate of drug-likeness (QED) is 0.801. The van der Waals surface area contributed by atoms with Crippen molar-refractivity contribution in [2.75, 3.05) is 6.54 Å². The maximum Gasteiger partial charge on any atom is 0.212 e. The average Bonchev–Trinajstić information content (AvgIpc) is 2.92. The van der Waals surface area contributed by atoms with E-state index in [0.29, 0.717) is 17.4 Å². The summed E-state index contributed by atoms with van der Waals surface area (Å²) in [6.07, 6.45) is 0.804. The van der Waals surface area contributed by atoms with Crippen molar-refractivity contribution in [2.45, 2.75) is 6.42 Å². The fourth-order valence-corrected chi connectivity index (χ4v) is 2.84. The monoisotopic (exact) mass is 278 g/mol. The average molecular weight is 279 g/mol. The van der Waals surface area contributed by atoms with Crippen LogP contribution in [0.3, 0.4) is 0 Å². The summed E-state index contributed by atoms with van der Waals surface area (Å²) >= 11 is 7.55. The highest BCUT2D eigenvalue weighted by molar-refractivity contribution is 7.15. The molecule has 3 rings (SSSR count). The number of rotatable bonds is 3. The predicted octanol–water partition coefficient (Wildman–Crippen LogP) is 2.61. The Morgan fingerprint density at radius 1 is 1.39 bits per heavy atom. The smallest absolute Gasteiger partial charge is 0.212 e. The number of hydrogen-bond donors (Lipinski definition) is 1. The summed E-state index contributed by atoms with van der Waals surface area (Å²) in [5.74, 6) is 0.697. The molecule has 0 unspecified atom stereocenters. The molecule has 0 bridgehead atoms. The van der Waals surface area contributed by atoms with Crippen LogP contribution >= 0.6 is 22.9 Å². The molecule has 0 saturated heterocycles. The number of nitrogens with two attached hydrogens (primary N) is 1. The Bertz CT molecular complexity index is 688. The molecule has 0 aliphatic rings. The van der Waals surface area contributed by atoms with Gasteiger partial charge in [0.2, 0.25) is 4.96 Å². The lowest BCUT2D eigenvalue weighted by Gasteiger charge is -1.96. The molecule has 2 heterocycles. The fourth-order valence-electron chi connectivity index (χ4n) is 1.79. The van der Waals surface area contributed by atoms with E-state index < -0.39 is 0 Å². The number of benzene rings is 1. The molecule has 3 aromatic rings. The van der Waals surface area contributed by atoms with Crippen LogP contribution in [0.4, 0.5) is 0 Å². The van der Waals surface area contributed by atoms with E-state index >= 15 is 0 Å². The van der Waals surface area contributed by atoms with E-state index in [-0.39, 0.29) is 0 Å². The Hall–Kier alpha value is -1.43. The summed E-state index contributed by atoms with van der Waals surface area (Å²) in [5.41, 5.74) is 7.60. The first-order valence-corrected chi connectivity index (χ1v) is 6.83. The Kier molecular flexibility index (Phi) is 3.03. The number of halogens is 1. The number of nitrogens with zero attached hydrogens (tertiary/aromatic N) is 3. The van der Waals surface area contributed by atoms with Crippen molar-refractivity contribution in [1.29, 1.82) is 0 Å². The van der Waals surface area contributed by atoms with Crippen LogP contribution in [0.2, 0.25) is 5.02 Å². The van der Waals surface area contributed by atoms with Crippen LogP contribution in [0.5, 0.6) is 0 Å². The largest absolute Gasteiger partial charge is 0.330 e. The van der Waals surface area contributed by atoms with Gasteiger partial charge in [-0.2, -0.15) is 4.98 Å². The molecule has 2 N–H and O–H groups in total. The van der Waals surface area contributed by atoms with Crippen LogP contribution in [0, 0.1) is 0 Å². The highest BCUT2D eigenvalue weighted by Crippen LogP contribution is 2.23. The molecule has 0 aliphatic carbocycles. The number of aromatic nitrogens is 3. The van der Waals surface area contributed by atoms with Gasteiger partial charge in [-0.3, -0.25) is 0 Å². The topological polar surface area (TPSA) is 56.2 Å². The van der Waals surface area contributed by atoms with Gasteiger partial charge in [0.1, 0.15) is 0 Å². The molecule has 0 spiro atoms. The lowest BCUT2D eigenvalue weighted by molar-refractivity contribution is 0.844. The van der Waals surface area contributed by atoms with Crippen molar-refractivity contribution in [3.8, 4) is 11.4 Å². The van der Waals surface area contributed by atoms with Crippen LogP contribution in [-0.2, 0) is 6.42 Å². The lowest BCUT2D eigenvalue weighted by atomic mass is 10.2. The first kappa shape index (κ1) is 11.6. The molecular formula is C12H11ClN4S. The van der Waals surface area contributed by atoms with Gasteiger partial charge < -0.3 is 5.73 Å². The molecule has 4 nitrogen and oxygen atoms in total. The number of hydrogen-bond acceptors (Lipinski definition) is 4. The summed E-state index contributed by atoms with van der Waals surface area (Å²) < 4.78 is 1.85. The molecule has 0 aliphatic heterocycles. The number of thiazole rings is 1. The first-order chi connectivity index (χ1) is 8.78. The van der Waals surface area contributed by atoms with Crippen molar-refractivity contribution in [3.63, 3.8) is 0 Å². The minimum Gasteiger partial charge on any atom is -0.330 e. The van der Waals surface area contributed by atoms with E-state index in [0.717, 1.165) is 22.6 Å². The molecule has 0 atom stereocenters. The van der Waals surface area contributed by atoms with E-state index in [2.05, 4.69) is 10.1 Å². The third-order valence-electron chi connectivity index (χ3n) is 2.63. The first-order valence-electron chi connectivity index (χ1n) is 5.57. The van der Waals surface area contributed by atoms with Gasteiger partial charge in [0.25, 0.3) is 0 Å². The van der Waals surface area contributed by atoms with Crippen molar-refractivity contribution in [2.24, 2.45) is 5.73 Å². The van der Waals surface area contributed by atoms with E-state index in [9.17, 15) is 0 Å². The lowest BCUT2D eigenvalue weighted by Crippen LogP contribution is -2.05. The third kappa shape index (κ3) is 2.01. The second-order valence-corrected chi connectivity index (χ2v) is 5.18. The van der Waals surface area contributed by atoms with Gasteiger partial charge in [-0.15, -0.1) is 16.4 Å². The molecule has 2 aromatic heterocycles. The summed E-state index contributed by atoms with van der Waals surface area (Å²) in [6, 6.07) is 7.55. The second-order valence-electron chi connectivity index (χ2n) is 3.91. The SMILES string of the molecule is NCCc1csc2nc(-c3cccc(Cl)c3)nn12. The van der Waals surface area contributed by atoms with Crippen LogP contribution in [-0.4, -0.2) is 21.1 Å². The summed E-state index contributed by atoms with van der Waals surface area (Å²) in [5, 5.41) is 7.24. The Morgan fingerprint density at radius 3 is 3.06 bits per heavy atom. The van der Waals surface area contributed by atoms with Crippen LogP contribution in [0.1, 0.15) is 5.69 Å². The Labute approximate surface area is 113 Å². The molecule has 92 valence electrons. The Morgan fingerprint density at radius 2 is 2.28 bits per heavy atom. The van der Waals surface area contributed by atoms with Gasteiger partial charge in [-0.1, -0.05) is 23.7 Å². The zero-order chi connectivity index (χ0) is 12.5. The molecule has 0 amide bonds. The van der Waals surface area contributed by atoms with Crippen LogP contribution in [0.15, 0.2) is 29.6 Å². The molecule has 18 heavy (non-hydrogen) atoms. The van der Waals surface area contributed by atoms with Crippen LogP contribution < -0.4 is 5.73 Å². The van der Waals surface area contributed by atoms with Gasteiger partial charge >= 0.3 is 0 Å². The molecule has 1 aromatic carbocycles. The van der Waals surface area contributed by atoms with Gasteiger partial charge in [0.15, 0.2) is 5.82 Å². The van der Waals surface area contributed by atoms with Crippen molar-refractivity contribution in [1.82, 2.24) is 14.6 Å². The van der Waals surface area contributed by atoms with E-state index in [1.165, 1.54) is 0 Å². The van der Waals surface area contributed by atoms with Crippen LogP contribution in [0.25, 0.3) is 16.3 Å². The standard InChI is InChI=1S/C12H11ClN4S/c13-9-3-1-2-8(6-9)11-15-12-17(16-11)10(4-5-14)7-18-12/h1-3,6-7H,4-5,14H2. The van der Waals surface area contributed by atoms with E-state index in [1.54, 1.807) is 11.3 Å². The summed E-state index contributed by atoms with van der Waals surface area (Å²) in [4.78, 5) is 5.38. The Balaban J connectivity index is 2.08. The summed E-state index contributed by atoms with van der Waals surface area (Å²) in [6.45, 7) is 0.609. The highest BCUT2D eigenvalue weighted by atomic mass is 35.5. The maximum atomic E-state index is 5.97. The van der Waals surface area contributed by atoms with E-state index in [1.807, 2.05) is 34.2 Å². The zero-order valence-corrected chi connectivity index (χ0v) is 11.1. The van der Waals surface area contributed by atoms with Gasteiger partial charge in [0, 0.05) is 22.4 Å². The molecular weight excluding hydrogens is 268 g/mol. The molecule has 0 saturated carbocycles. The highest BCUT2D eigenvalue weighted by Gasteiger charge is 2.11. The maximum absolute atomic E-state index is 5.97. The number of fused-ring (bicyclic) bond motifs is 1. The molecule has 0 radical (unpaired) electrons. The normalized spacial score (nSPS) is 11.2. The minimum atomic E-state index is 0.609. The molecule has 6 heteroatoms. The second kappa shape index (κ2) is 4.68. The van der Waals surface area contributed by atoms with Gasteiger partial charge in [-0.05, 0) is 18.7 Å². The van der Waals surface area contributed by atoms with E-state index in [4.69, 9.17) is 17.3 Å². The van der Waals surface area contributed by atoms with Gasteiger partial charge in [0.05, 0.1) is 5.69 Å². The molecule has 0 fully saturated rings. The summed E-state index contributed by atoms with van der Waals surface area (Å²) in [7, 11) is 0.